The second kappa shape index (κ2) is 5.65. The second-order valence-electron chi connectivity index (χ2n) is 3.88. The van der Waals surface area contributed by atoms with Crippen LogP contribution < -0.4 is 0 Å². The Morgan fingerprint density at radius 2 is 1.47 bits per heavy atom. The van der Waals surface area contributed by atoms with Crippen molar-refractivity contribution in [3.05, 3.63) is 64.7 Å². The molecule has 3 nitrogen and oxygen atoms in total. The van der Waals surface area contributed by atoms with Gasteiger partial charge >= 0.3 is 0 Å². The van der Waals surface area contributed by atoms with Gasteiger partial charge in [0.15, 0.2) is 6.29 Å². The largest absolute Gasteiger partial charge is 0.507 e. The maximum Gasteiger partial charge on any atom is 0.153 e. The van der Waals surface area contributed by atoms with Crippen molar-refractivity contribution in [2.75, 3.05) is 0 Å². The lowest BCUT2D eigenvalue weighted by molar-refractivity contribution is 0.111. The zero-order valence-electron chi connectivity index (χ0n) is 9.96. The van der Waals surface area contributed by atoms with E-state index in [1.165, 1.54) is 12.1 Å². The second-order valence-corrected chi connectivity index (χ2v) is 3.88. The van der Waals surface area contributed by atoms with Crippen molar-refractivity contribution >= 4 is 12.6 Å². The summed E-state index contributed by atoms with van der Waals surface area (Å²) < 4.78 is 0. The molecule has 0 unspecified atom stereocenters. The van der Waals surface area contributed by atoms with E-state index in [1.54, 1.807) is 30.3 Å². The summed E-state index contributed by atoms with van der Waals surface area (Å²) in [5, 5.41) is 9.52. The summed E-state index contributed by atoms with van der Waals surface area (Å²) in [5.41, 5.74) is 2.21. The van der Waals surface area contributed by atoms with Crippen LogP contribution in [0.2, 0.25) is 0 Å². The van der Waals surface area contributed by atoms with E-state index in [0.29, 0.717) is 17.4 Å². The first-order valence-corrected chi connectivity index (χ1v) is 5.58. The number of aldehydes is 2. The Balaban J connectivity index is 2.25. The fourth-order valence-corrected chi connectivity index (χ4v) is 1.51. The van der Waals surface area contributed by atoms with E-state index in [-0.39, 0.29) is 11.3 Å². The van der Waals surface area contributed by atoms with E-state index in [2.05, 4.69) is 11.8 Å². The van der Waals surface area contributed by atoms with Crippen LogP contribution in [-0.2, 0) is 0 Å². The first kappa shape index (κ1) is 12.6. The van der Waals surface area contributed by atoms with Crippen LogP contribution in [0.15, 0.2) is 42.5 Å². The molecule has 0 aliphatic heterocycles. The third-order valence-corrected chi connectivity index (χ3v) is 2.56. The first-order valence-electron chi connectivity index (χ1n) is 5.58. The highest BCUT2D eigenvalue weighted by molar-refractivity contribution is 5.79. The molecule has 19 heavy (non-hydrogen) atoms. The highest BCUT2D eigenvalue weighted by Gasteiger charge is 1.99. The number of phenolic OH excluding ortho intramolecular Hbond substituents is 1. The molecule has 2 aromatic rings. The molecule has 0 radical (unpaired) electrons. The van der Waals surface area contributed by atoms with Gasteiger partial charge in [-0.3, -0.25) is 9.59 Å². The number of benzene rings is 2. The van der Waals surface area contributed by atoms with Crippen molar-refractivity contribution < 1.29 is 14.7 Å². The van der Waals surface area contributed by atoms with E-state index >= 15 is 0 Å². The Morgan fingerprint density at radius 3 is 2.05 bits per heavy atom. The summed E-state index contributed by atoms with van der Waals surface area (Å²) in [6, 6.07) is 11.5. The number of hydrogen-bond donors (Lipinski definition) is 1. The van der Waals surface area contributed by atoms with Crippen molar-refractivity contribution in [3.8, 4) is 17.6 Å². The first-order chi connectivity index (χ1) is 9.22. The minimum atomic E-state index is -0.0851. The molecule has 0 aromatic heterocycles. The number of carbonyl (C=O) groups is 2. The van der Waals surface area contributed by atoms with Crippen LogP contribution in [0.4, 0.5) is 0 Å². The van der Waals surface area contributed by atoms with E-state index < -0.39 is 0 Å². The van der Waals surface area contributed by atoms with Gasteiger partial charge in [0.25, 0.3) is 0 Å². The van der Waals surface area contributed by atoms with Crippen molar-refractivity contribution in [2.45, 2.75) is 0 Å². The number of hydrogen-bond acceptors (Lipinski definition) is 3. The van der Waals surface area contributed by atoms with Gasteiger partial charge in [-0.1, -0.05) is 24.0 Å². The van der Waals surface area contributed by atoms with E-state index in [4.69, 9.17) is 0 Å². The van der Waals surface area contributed by atoms with Crippen molar-refractivity contribution in [1.82, 2.24) is 0 Å². The fourth-order valence-electron chi connectivity index (χ4n) is 1.51. The summed E-state index contributed by atoms with van der Waals surface area (Å²) in [4.78, 5) is 21.1. The Hall–Kier alpha value is -2.86. The lowest BCUT2D eigenvalue weighted by atomic mass is 10.1. The quantitative estimate of drug-likeness (QED) is 0.657. The predicted molar refractivity (Wildman–Crippen MR) is 71.3 cm³/mol. The van der Waals surface area contributed by atoms with Gasteiger partial charge in [-0.2, -0.15) is 0 Å². The Labute approximate surface area is 110 Å². The molecule has 2 aromatic carbocycles. The molecule has 3 heteroatoms. The third-order valence-electron chi connectivity index (χ3n) is 2.56. The van der Waals surface area contributed by atoms with Gasteiger partial charge < -0.3 is 5.11 Å². The van der Waals surface area contributed by atoms with Crippen LogP contribution in [0.3, 0.4) is 0 Å². The molecule has 0 aliphatic rings. The summed E-state index contributed by atoms with van der Waals surface area (Å²) in [7, 11) is 0. The molecule has 0 saturated heterocycles. The maximum atomic E-state index is 10.6. The highest BCUT2D eigenvalue weighted by Crippen LogP contribution is 2.16. The third kappa shape index (κ3) is 3.08. The van der Waals surface area contributed by atoms with Crippen LogP contribution in [0.5, 0.6) is 5.75 Å². The lowest BCUT2D eigenvalue weighted by Crippen LogP contribution is -1.83. The number of phenols is 1. The molecule has 2 rings (SSSR count). The average Bonchev–Trinajstić information content (AvgIpc) is 2.46. The minimum absolute atomic E-state index is 0.0851. The minimum Gasteiger partial charge on any atom is -0.507 e. The Bertz CT molecular complexity index is 673. The maximum absolute atomic E-state index is 10.6. The summed E-state index contributed by atoms with van der Waals surface area (Å²) >= 11 is 0. The van der Waals surface area contributed by atoms with Crippen molar-refractivity contribution in [2.24, 2.45) is 0 Å². The van der Waals surface area contributed by atoms with Gasteiger partial charge in [-0.25, -0.2) is 0 Å². The topological polar surface area (TPSA) is 54.4 Å². The van der Waals surface area contributed by atoms with E-state index in [9.17, 15) is 14.7 Å². The highest BCUT2D eigenvalue weighted by atomic mass is 16.3. The smallest absolute Gasteiger partial charge is 0.153 e. The summed E-state index contributed by atoms with van der Waals surface area (Å²) in [6.45, 7) is 0. The van der Waals surface area contributed by atoms with Crippen LogP contribution in [0.25, 0.3) is 0 Å². The number of carbonyl (C=O) groups excluding carboxylic acids is 2. The van der Waals surface area contributed by atoms with E-state index in [1.807, 2.05) is 0 Å². The van der Waals surface area contributed by atoms with Gasteiger partial charge in [-0.05, 0) is 30.3 Å². The average molecular weight is 250 g/mol. The molecule has 0 fully saturated rings. The molecule has 92 valence electrons. The van der Waals surface area contributed by atoms with Crippen molar-refractivity contribution in [3.63, 3.8) is 0 Å². The van der Waals surface area contributed by atoms with Gasteiger partial charge in [0, 0.05) is 16.7 Å². The monoisotopic (exact) mass is 250 g/mol. The summed E-state index contributed by atoms with van der Waals surface area (Å²) in [5.74, 6) is 5.70. The van der Waals surface area contributed by atoms with Gasteiger partial charge in [0.1, 0.15) is 12.0 Å². The van der Waals surface area contributed by atoms with Crippen molar-refractivity contribution in [1.29, 1.82) is 0 Å². The molecule has 0 aliphatic carbocycles. The SMILES string of the molecule is O=Cc1ccc(C#Cc2ccc(C=O)c(O)c2)cc1. The zero-order chi connectivity index (χ0) is 13.7. The van der Waals surface area contributed by atoms with Crippen LogP contribution >= 0.6 is 0 Å². The van der Waals surface area contributed by atoms with Gasteiger partial charge in [0.2, 0.25) is 0 Å². The molecular formula is C16H10O3. The zero-order valence-corrected chi connectivity index (χ0v) is 9.96. The molecule has 0 bridgehead atoms. The van der Waals surface area contributed by atoms with Crippen LogP contribution in [0.1, 0.15) is 31.8 Å². The normalized spacial score (nSPS) is 9.26. The van der Waals surface area contributed by atoms with Crippen LogP contribution in [0, 0.1) is 11.8 Å². The van der Waals surface area contributed by atoms with Crippen LogP contribution in [-0.4, -0.2) is 17.7 Å². The molecule has 0 amide bonds. The number of aromatic hydroxyl groups is 1. The molecule has 1 N–H and O–H groups in total. The van der Waals surface area contributed by atoms with E-state index in [0.717, 1.165) is 11.8 Å². The Kier molecular flexibility index (Phi) is 3.75. The summed E-state index contributed by atoms with van der Waals surface area (Å²) in [6.07, 6.45) is 1.36. The predicted octanol–water partition coefficient (Wildman–Crippen LogP) is 2.42. The van der Waals surface area contributed by atoms with Gasteiger partial charge in [0.05, 0.1) is 5.56 Å². The van der Waals surface area contributed by atoms with Gasteiger partial charge in [-0.15, -0.1) is 0 Å². The lowest BCUT2D eigenvalue weighted by Gasteiger charge is -1.97. The molecule has 0 atom stereocenters. The molecule has 0 spiro atoms. The molecular weight excluding hydrogens is 240 g/mol. The number of rotatable bonds is 2. The molecule has 0 heterocycles. The Morgan fingerprint density at radius 1 is 0.842 bits per heavy atom. The fraction of sp³-hybridized carbons (Fsp3) is 0. The standard InChI is InChI=1S/C16H10O3/c17-10-14-5-2-12(3-6-14)1-4-13-7-8-15(11-18)16(19)9-13/h2-3,5-11,19H. The molecule has 0 saturated carbocycles.